The van der Waals surface area contributed by atoms with Gasteiger partial charge in [-0.15, -0.1) is 5.10 Å². The highest BCUT2D eigenvalue weighted by Crippen LogP contribution is 1.93. The molecule has 0 aliphatic carbocycles. The Morgan fingerprint density at radius 3 is 2.93 bits per heavy atom. The number of carbonyl (C=O) groups is 1. The van der Waals surface area contributed by atoms with Crippen molar-refractivity contribution in [3.63, 3.8) is 0 Å². The van der Waals surface area contributed by atoms with E-state index in [1.165, 1.54) is 4.68 Å². The smallest absolute Gasteiger partial charge is 0.327 e. The van der Waals surface area contributed by atoms with E-state index in [4.69, 9.17) is 4.74 Å². The van der Waals surface area contributed by atoms with Gasteiger partial charge in [0.1, 0.15) is 12.4 Å². The summed E-state index contributed by atoms with van der Waals surface area (Å²) >= 11 is 0. The van der Waals surface area contributed by atoms with Crippen LogP contribution in [-0.2, 0) is 16.1 Å². The summed E-state index contributed by atoms with van der Waals surface area (Å²) in [6.45, 7) is 4.33. The lowest BCUT2D eigenvalue weighted by Crippen LogP contribution is -2.16. The van der Waals surface area contributed by atoms with Gasteiger partial charge in [0.2, 0.25) is 0 Å². The number of hydrogen-bond donors (Lipinski definition) is 0. The number of hydrogen-bond acceptors (Lipinski definition) is 5. The Bertz CT molecular complexity index is 297. The molecule has 0 amide bonds. The molecule has 0 spiro atoms. The molecule has 1 heterocycles. The highest BCUT2D eigenvalue weighted by atomic mass is 16.5. The van der Waals surface area contributed by atoms with Crippen LogP contribution in [0.1, 0.15) is 25.6 Å². The predicted molar refractivity (Wildman–Crippen MR) is 48.4 cm³/mol. The van der Waals surface area contributed by atoms with Crippen molar-refractivity contribution >= 4 is 5.97 Å². The third-order valence-corrected chi connectivity index (χ3v) is 1.75. The number of rotatable bonds is 5. The molecule has 0 fully saturated rings. The van der Waals surface area contributed by atoms with Gasteiger partial charge in [-0.2, -0.15) is 0 Å². The summed E-state index contributed by atoms with van der Waals surface area (Å²) in [5.41, 5.74) is 0. The highest BCUT2D eigenvalue weighted by Gasteiger charge is 2.07. The number of esters is 1. The number of aryl methyl sites for hydroxylation is 1. The molecule has 0 aromatic carbocycles. The summed E-state index contributed by atoms with van der Waals surface area (Å²) in [7, 11) is 0. The summed E-state index contributed by atoms with van der Waals surface area (Å²) in [5, 5.41) is 10.7. The lowest BCUT2D eigenvalue weighted by Gasteiger charge is -2.03. The fourth-order valence-corrected chi connectivity index (χ4v) is 0.894. The van der Waals surface area contributed by atoms with Crippen LogP contribution >= 0.6 is 0 Å². The average molecular weight is 198 g/mol. The Morgan fingerprint density at radius 1 is 1.57 bits per heavy atom. The van der Waals surface area contributed by atoms with Gasteiger partial charge >= 0.3 is 5.97 Å². The Morgan fingerprint density at radius 2 is 2.36 bits per heavy atom. The zero-order chi connectivity index (χ0) is 10.4. The predicted octanol–water partition coefficient (Wildman–Crippen LogP) is 0.325. The van der Waals surface area contributed by atoms with Crippen molar-refractivity contribution in [3.05, 3.63) is 5.82 Å². The van der Waals surface area contributed by atoms with Crippen molar-refractivity contribution in [2.24, 2.45) is 0 Å². The first-order valence-corrected chi connectivity index (χ1v) is 4.62. The van der Waals surface area contributed by atoms with Crippen molar-refractivity contribution in [2.75, 3.05) is 6.61 Å². The second kappa shape index (κ2) is 5.31. The van der Waals surface area contributed by atoms with E-state index in [1.807, 2.05) is 6.92 Å². The van der Waals surface area contributed by atoms with E-state index < -0.39 is 0 Å². The monoisotopic (exact) mass is 198 g/mol. The zero-order valence-electron chi connectivity index (χ0n) is 8.43. The van der Waals surface area contributed by atoms with Crippen molar-refractivity contribution in [2.45, 2.75) is 33.2 Å². The van der Waals surface area contributed by atoms with Crippen LogP contribution in [0.3, 0.4) is 0 Å². The summed E-state index contributed by atoms with van der Waals surface area (Å²) < 4.78 is 6.37. The maximum Gasteiger partial charge on any atom is 0.327 e. The lowest BCUT2D eigenvalue weighted by molar-refractivity contribution is -0.144. The number of tetrazole rings is 1. The van der Waals surface area contributed by atoms with Gasteiger partial charge in [-0.1, -0.05) is 13.3 Å². The first-order chi connectivity index (χ1) is 6.74. The molecule has 1 aromatic heterocycles. The van der Waals surface area contributed by atoms with Gasteiger partial charge in [-0.05, 0) is 23.8 Å². The molecular weight excluding hydrogens is 184 g/mol. The maximum atomic E-state index is 11.2. The molecule has 78 valence electrons. The van der Waals surface area contributed by atoms with E-state index >= 15 is 0 Å². The third kappa shape index (κ3) is 3.12. The standard InChI is InChI=1S/C8H14N4O2/c1-3-4-5-14-8(13)6-12-7(2)9-10-11-12/h3-6H2,1-2H3. The van der Waals surface area contributed by atoms with Crippen molar-refractivity contribution in [1.29, 1.82) is 0 Å². The number of unbranched alkanes of at least 4 members (excludes halogenated alkanes) is 1. The van der Waals surface area contributed by atoms with E-state index in [0.29, 0.717) is 12.4 Å². The number of carbonyl (C=O) groups excluding carboxylic acids is 1. The maximum absolute atomic E-state index is 11.2. The van der Waals surface area contributed by atoms with Crippen LogP contribution < -0.4 is 0 Å². The molecule has 1 aromatic rings. The minimum absolute atomic E-state index is 0.0859. The van der Waals surface area contributed by atoms with E-state index in [-0.39, 0.29) is 12.5 Å². The van der Waals surface area contributed by atoms with Gasteiger partial charge in [0.15, 0.2) is 0 Å². The quantitative estimate of drug-likeness (QED) is 0.503. The zero-order valence-corrected chi connectivity index (χ0v) is 8.43. The normalized spacial score (nSPS) is 10.1. The summed E-state index contributed by atoms with van der Waals surface area (Å²) in [6.07, 6.45) is 1.90. The van der Waals surface area contributed by atoms with Gasteiger partial charge in [-0.3, -0.25) is 4.79 Å². The summed E-state index contributed by atoms with van der Waals surface area (Å²) in [4.78, 5) is 11.2. The molecule has 0 saturated heterocycles. The van der Waals surface area contributed by atoms with Crippen LogP contribution in [0.25, 0.3) is 0 Å². The number of ether oxygens (including phenoxy) is 1. The molecule has 0 unspecified atom stereocenters. The van der Waals surface area contributed by atoms with Crippen molar-refractivity contribution < 1.29 is 9.53 Å². The summed E-state index contributed by atoms with van der Waals surface area (Å²) in [5.74, 6) is 0.311. The van der Waals surface area contributed by atoms with Crippen LogP contribution in [0.15, 0.2) is 0 Å². The van der Waals surface area contributed by atoms with Crippen molar-refractivity contribution in [3.8, 4) is 0 Å². The third-order valence-electron chi connectivity index (χ3n) is 1.75. The Hall–Kier alpha value is -1.46. The van der Waals surface area contributed by atoms with Crippen molar-refractivity contribution in [1.82, 2.24) is 20.2 Å². The topological polar surface area (TPSA) is 69.9 Å². The molecule has 0 bridgehead atoms. The Balaban J connectivity index is 2.31. The van der Waals surface area contributed by atoms with Gasteiger partial charge in [0.05, 0.1) is 6.61 Å². The van der Waals surface area contributed by atoms with Crippen LogP contribution in [0.5, 0.6) is 0 Å². The molecule has 1 rings (SSSR count). The van der Waals surface area contributed by atoms with Gasteiger partial charge < -0.3 is 4.74 Å². The van der Waals surface area contributed by atoms with E-state index in [2.05, 4.69) is 15.5 Å². The SMILES string of the molecule is CCCCOC(=O)Cn1nnnc1C. The van der Waals surface area contributed by atoms with Crippen LogP contribution in [0.4, 0.5) is 0 Å². The Labute approximate surface area is 82.2 Å². The molecule has 0 aliphatic rings. The van der Waals surface area contributed by atoms with Gasteiger partial charge in [0, 0.05) is 0 Å². The second-order valence-electron chi connectivity index (χ2n) is 2.96. The molecule has 0 radical (unpaired) electrons. The van der Waals surface area contributed by atoms with Crippen LogP contribution in [0.2, 0.25) is 0 Å². The summed E-state index contributed by atoms with van der Waals surface area (Å²) in [6, 6.07) is 0. The molecule has 0 saturated carbocycles. The number of nitrogens with zero attached hydrogens (tertiary/aromatic N) is 4. The lowest BCUT2D eigenvalue weighted by atomic mass is 10.4. The minimum Gasteiger partial charge on any atom is -0.464 e. The van der Waals surface area contributed by atoms with Gasteiger partial charge in [-0.25, -0.2) is 4.68 Å². The minimum atomic E-state index is -0.297. The molecule has 0 aliphatic heterocycles. The molecule has 6 heteroatoms. The highest BCUT2D eigenvalue weighted by molar-refractivity contribution is 5.69. The fraction of sp³-hybridized carbons (Fsp3) is 0.750. The van der Waals surface area contributed by atoms with E-state index in [9.17, 15) is 4.79 Å². The van der Waals surface area contributed by atoms with E-state index in [0.717, 1.165) is 12.8 Å². The van der Waals surface area contributed by atoms with Gasteiger partial charge in [0.25, 0.3) is 0 Å². The van der Waals surface area contributed by atoms with Crippen LogP contribution in [-0.4, -0.2) is 32.8 Å². The molecule has 0 N–H and O–H groups in total. The largest absolute Gasteiger partial charge is 0.464 e. The van der Waals surface area contributed by atoms with Crippen LogP contribution in [0, 0.1) is 6.92 Å². The van der Waals surface area contributed by atoms with E-state index in [1.54, 1.807) is 6.92 Å². The Kier molecular flexibility index (Phi) is 4.03. The molecule has 14 heavy (non-hydrogen) atoms. The number of aromatic nitrogens is 4. The second-order valence-corrected chi connectivity index (χ2v) is 2.96. The first-order valence-electron chi connectivity index (χ1n) is 4.62. The fourth-order valence-electron chi connectivity index (χ4n) is 0.894. The molecular formula is C8H14N4O2. The molecule has 0 atom stereocenters. The first kappa shape index (κ1) is 10.6. The molecule has 6 nitrogen and oxygen atoms in total. The average Bonchev–Trinajstić information content (AvgIpc) is 2.52.